The number of thiophene rings is 1. The van der Waals surface area contributed by atoms with E-state index in [-0.39, 0.29) is 28.2 Å². The summed E-state index contributed by atoms with van der Waals surface area (Å²) in [6, 6.07) is 4.69. The molecular formula is C21H25NO7S. The van der Waals surface area contributed by atoms with Gasteiger partial charge in [-0.2, -0.15) is 0 Å². The number of benzene rings is 1. The van der Waals surface area contributed by atoms with Crippen LogP contribution in [0.3, 0.4) is 0 Å². The molecule has 0 bridgehead atoms. The Morgan fingerprint density at radius 3 is 2.30 bits per heavy atom. The van der Waals surface area contributed by atoms with E-state index in [4.69, 9.17) is 18.9 Å². The monoisotopic (exact) mass is 435 g/mol. The summed E-state index contributed by atoms with van der Waals surface area (Å²) in [5.74, 6) is -0.806. The number of ether oxygens (including phenoxy) is 4. The first-order chi connectivity index (χ1) is 14.2. The predicted molar refractivity (Wildman–Crippen MR) is 113 cm³/mol. The first kappa shape index (κ1) is 23.2. The van der Waals surface area contributed by atoms with Gasteiger partial charge in [0.05, 0.1) is 32.5 Å². The molecule has 0 atom stereocenters. The highest BCUT2D eigenvalue weighted by molar-refractivity contribution is 7.18. The third-order valence-electron chi connectivity index (χ3n) is 4.03. The van der Waals surface area contributed by atoms with E-state index >= 15 is 0 Å². The van der Waals surface area contributed by atoms with Crippen LogP contribution in [-0.2, 0) is 9.47 Å². The van der Waals surface area contributed by atoms with E-state index in [0.717, 1.165) is 11.3 Å². The number of esters is 2. The van der Waals surface area contributed by atoms with E-state index in [1.807, 2.05) is 0 Å². The summed E-state index contributed by atoms with van der Waals surface area (Å²) >= 11 is 0.968. The summed E-state index contributed by atoms with van der Waals surface area (Å²) < 4.78 is 20.8. The number of hydrogen-bond donors (Lipinski definition) is 1. The van der Waals surface area contributed by atoms with Gasteiger partial charge in [-0.15, -0.1) is 11.3 Å². The fourth-order valence-electron chi connectivity index (χ4n) is 2.67. The highest BCUT2D eigenvalue weighted by atomic mass is 32.1. The van der Waals surface area contributed by atoms with Gasteiger partial charge in [0.2, 0.25) is 0 Å². The smallest absolute Gasteiger partial charge is 0.348 e. The minimum Gasteiger partial charge on any atom is -0.493 e. The molecule has 1 aromatic heterocycles. The first-order valence-corrected chi connectivity index (χ1v) is 10.1. The van der Waals surface area contributed by atoms with Gasteiger partial charge in [-0.05, 0) is 51.5 Å². The normalized spacial score (nSPS) is 10.5. The van der Waals surface area contributed by atoms with Gasteiger partial charge in [-0.3, -0.25) is 4.79 Å². The molecule has 0 aliphatic rings. The minimum atomic E-state index is -0.627. The Morgan fingerprint density at radius 1 is 1.07 bits per heavy atom. The number of rotatable bonds is 8. The average molecular weight is 435 g/mol. The maximum Gasteiger partial charge on any atom is 0.348 e. The molecule has 9 heteroatoms. The summed E-state index contributed by atoms with van der Waals surface area (Å²) in [7, 11) is 2.96. The van der Waals surface area contributed by atoms with Crippen molar-refractivity contribution in [3.05, 3.63) is 39.8 Å². The molecule has 0 saturated heterocycles. The van der Waals surface area contributed by atoms with Crippen molar-refractivity contribution in [2.24, 2.45) is 0 Å². The molecule has 8 nitrogen and oxygen atoms in total. The number of amides is 1. The largest absolute Gasteiger partial charge is 0.493 e. The Labute approximate surface area is 179 Å². The van der Waals surface area contributed by atoms with Gasteiger partial charge in [-0.1, -0.05) is 0 Å². The third kappa shape index (κ3) is 5.10. The SMILES string of the molecule is CCOC(=O)c1c(NC(=O)c2ccc(OC)c(OC)c2)sc(C(=O)OC(C)C)c1C. The lowest BCUT2D eigenvalue weighted by Crippen LogP contribution is -2.15. The van der Waals surface area contributed by atoms with Crippen LogP contribution in [0.5, 0.6) is 11.5 Å². The van der Waals surface area contributed by atoms with E-state index in [0.29, 0.717) is 22.6 Å². The number of hydrogen-bond acceptors (Lipinski definition) is 8. The van der Waals surface area contributed by atoms with Crippen molar-refractivity contribution >= 4 is 34.2 Å². The molecular weight excluding hydrogens is 410 g/mol. The lowest BCUT2D eigenvalue weighted by Gasteiger charge is -2.10. The fraction of sp³-hybridized carbons (Fsp3) is 0.381. The van der Waals surface area contributed by atoms with Gasteiger partial charge >= 0.3 is 11.9 Å². The second-order valence-corrected chi connectivity index (χ2v) is 7.48. The molecule has 1 N–H and O–H groups in total. The summed E-state index contributed by atoms with van der Waals surface area (Å²) in [5.41, 5.74) is 0.818. The second kappa shape index (κ2) is 10.1. The lowest BCUT2D eigenvalue weighted by atomic mass is 10.1. The first-order valence-electron chi connectivity index (χ1n) is 9.28. The number of nitrogens with one attached hydrogen (secondary N) is 1. The highest BCUT2D eigenvalue weighted by Gasteiger charge is 2.28. The standard InChI is InChI=1S/C21H25NO7S/c1-7-28-20(24)16-12(4)17(21(25)29-11(2)3)30-19(16)22-18(23)13-8-9-14(26-5)15(10-13)27-6/h8-11H,7H2,1-6H3,(H,22,23). The molecule has 0 saturated carbocycles. The Balaban J connectivity index is 2.43. The maximum atomic E-state index is 12.8. The zero-order valence-electron chi connectivity index (χ0n) is 17.8. The van der Waals surface area contributed by atoms with Crippen LogP contribution in [0.25, 0.3) is 0 Å². The van der Waals surface area contributed by atoms with Gasteiger partial charge in [0.15, 0.2) is 11.5 Å². The molecule has 0 spiro atoms. The second-order valence-electron chi connectivity index (χ2n) is 6.46. The van der Waals surface area contributed by atoms with E-state index in [9.17, 15) is 14.4 Å². The van der Waals surface area contributed by atoms with Crippen LogP contribution in [0.2, 0.25) is 0 Å². The van der Waals surface area contributed by atoms with Gasteiger partial charge in [0.25, 0.3) is 5.91 Å². The van der Waals surface area contributed by atoms with Gasteiger partial charge in [-0.25, -0.2) is 9.59 Å². The summed E-state index contributed by atoms with van der Waals surface area (Å²) in [4.78, 5) is 38.0. The molecule has 1 aromatic carbocycles. The molecule has 0 fully saturated rings. The lowest BCUT2D eigenvalue weighted by molar-refractivity contribution is 0.0383. The molecule has 1 heterocycles. The van der Waals surface area contributed by atoms with Crippen molar-refractivity contribution in [1.29, 1.82) is 0 Å². The van der Waals surface area contributed by atoms with E-state index in [2.05, 4.69) is 5.32 Å². The zero-order valence-corrected chi connectivity index (χ0v) is 18.6. The fourth-order valence-corrected chi connectivity index (χ4v) is 3.74. The molecule has 0 radical (unpaired) electrons. The van der Waals surface area contributed by atoms with Crippen molar-refractivity contribution in [2.45, 2.75) is 33.8 Å². The van der Waals surface area contributed by atoms with Crippen LogP contribution < -0.4 is 14.8 Å². The Morgan fingerprint density at radius 2 is 1.73 bits per heavy atom. The summed E-state index contributed by atoms with van der Waals surface area (Å²) in [6.07, 6.45) is -0.324. The summed E-state index contributed by atoms with van der Waals surface area (Å²) in [5, 5.41) is 2.91. The van der Waals surface area contributed by atoms with E-state index in [1.54, 1.807) is 39.8 Å². The van der Waals surface area contributed by atoms with E-state index < -0.39 is 17.8 Å². The van der Waals surface area contributed by atoms with Crippen molar-refractivity contribution in [1.82, 2.24) is 0 Å². The highest BCUT2D eigenvalue weighted by Crippen LogP contribution is 2.35. The molecule has 1 amide bonds. The van der Waals surface area contributed by atoms with E-state index in [1.165, 1.54) is 20.3 Å². The van der Waals surface area contributed by atoms with Crippen LogP contribution in [-0.4, -0.2) is 44.8 Å². The number of carbonyl (C=O) groups excluding carboxylic acids is 3. The Hall–Kier alpha value is -3.07. The van der Waals surface area contributed by atoms with Crippen LogP contribution in [0.15, 0.2) is 18.2 Å². The molecule has 30 heavy (non-hydrogen) atoms. The molecule has 0 aliphatic carbocycles. The minimum absolute atomic E-state index is 0.131. The number of carbonyl (C=O) groups is 3. The summed E-state index contributed by atoms with van der Waals surface area (Å²) in [6.45, 7) is 6.91. The number of methoxy groups -OCH3 is 2. The maximum absolute atomic E-state index is 12.8. The van der Waals surface area contributed by atoms with Crippen molar-refractivity contribution in [3.8, 4) is 11.5 Å². The third-order valence-corrected chi connectivity index (χ3v) is 5.21. The van der Waals surface area contributed by atoms with Crippen LogP contribution in [0.1, 0.15) is 56.7 Å². The Bertz CT molecular complexity index is 949. The van der Waals surface area contributed by atoms with Crippen LogP contribution >= 0.6 is 11.3 Å². The topological polar surface area (TPSA) is 100 Å². The van der Waals surface area contributed by atoms with Gasteiger partial charge < -0.3 is 24.3 Å². The van der Waals surface area contributed by atoms with Crippen molar-refractivity contribution < 1.29 is 33.3 Å². The van der Waals surface area contributed by atoms with Crippen LogP contribution in [0, 0.1) is 6.92 Å². The molecule has 2 rings (SSSR count). The van der Waals surface area contributed by atoms with Gasteiger partial charge in [0, 0.05) is 5.56 Å². The molecule has 0 unspecified atom stereocenters. The molecule has 0 aliphatic heterocycles. The van der Waals surface area contributed by atoms with Crippen molar-refractivity contribution in [3.63, 3.8) is 0 Å². The molecule has 162 valence electrons. The predicted octanol–water partition coefficient (Wildman–Crippen LogP) is 4.07. The number of anilines is 1. The van der Waals surface area contributed by atoms with Crippen molar-refractivity contribution in [2.75, 3.05) is 26.1 Å². The quantitative estimate of drug-likeness (QED) is 0.624. The zero-order chi connectivity index (χ0) is 22.4. The van der Waals surface area contributed by atoms with Crippen LogP contribution in [0.4, 0.5) is 5.00 Å². The molecule has 2 aromatic rings. The average Bonchev–Trinajstić information content (AvgIpc) is 3.02. The van der Waals surface area contributed by atoms with Gasteiger partial charge in [0.1, 0.15) is 9.88 Å². The Kier molecular flexibility index (Phi) is 7.82.